The number of nitrogens with two attached hydrogens (primary N) is 1. The molecule has 0 bridgehead atoms. The van der Waals surface area contributed by atoms with Gasteiger partial charge in [-0.2, -0.15) is 4.98 Å². The van der Waals surface area contributed by atoms with Crippen LogP contribution in [-0.4, -0.2) is 22.9 Å². The second kappa shape index (κ2) is 4.28. The highest BCUT2D eigenvalue weighted by Crippen LogP contribution is 2.38. The molecule has 1 aromatic heterocycles. The third-order valence-electron chi connectivity index (χ3n) is 2.34. The zero-order valence-electron chi connectivity index (χ0n) is 8.09. The molecule has 0 amide bonds. The summed E-state index contributed by atoms with van der Waals surface area (Å²) in [5.74, 6) is 0.257. The highest BCUT2D eigenvalue weighted by molar-refractivity contribution is 8.00. The van der Waals surface area contributed by atoms with E-state index >= 15 is 0 Å². The minimum atomic E-state index is -0.301. The summed E-state index contributed by atoms with van der Waals surface area (Å²) in [6.07, 6.45) is 3.54. The lowest BCUT2D eigenvalue weighted by atomic mass is 10.3. The number of aromatic nitrogens is 2. The SMILES string of the molecule is [B]NC1CCC(n2ccc(N)nc2=O)S1. The van der Waals surface area contributed by atoms with Crippen molar-refractivity contribution in [2.24, 2.45) is 0 Å². The predicted molar refractivity (Wildman–Crippen MR) is 61.4 cm³/mol. The van der Waals surface area contributed by atoms with Crippen LogP contribution in [0.5, 0.6) is 0 Å². The van der Waals surface area contributed by atoms with Gasteiger partial charge < -0.3 is 11.0 Å². The fourth-order valence-electron chi connectivity index (χ4n) is 1.59. The van der Waals surface area contributed by atoms with Crippen LogP contribution in [0.15, 0.2) is 17.1 Å². The number of nitrogen functional groups attached to an aromatic ring is 1. The number of nitrogens with one attached hydrogen (secondary N) is 1. The molecule has 5 nitrogen and oxygen atoms in total. The molecule has 78 valence electrons. The summed E-state index contributed by atoms with van der Waals surface area (Å²) < 4.78 is 1.60. The van der Waals surface area contributed by atoms with Crippen molar-refractivity contribution in [1.29, 1.82) is 0 Å². The smallest absolute Gasteiger partial charge is 0.350 e. The highest BCUT2D eigenvalue weighted by atomic mass is 32.2. The lowest BCUT2D eigenvalue weighted by Crippen LogP contribution is -2.25. The van der Waals surface area contributed by atoms with Crippen LogP contribution < -0.4 is 16.7 Å². The third kappa shape index (κ3) is 2.18. The number of nitrogens with zero attached hydrogens (tertiary/aromatic N) is 2. The quantitative estimate of drug-likeness (QED) is 0.681. The predicted octanol–water partition coefficient (Wildman–Crippen LogP) is -0.150. The van der Waals surface area contributed by atoms with Crippen molar-refractivity contribution >= 4 is 25.6 Å². The van der Waals surface area contributed by atoms with Crippen molar-refractivity contribution in [2.75, 3.05) is 5.73 Å². The Balaban J connectivity index is 2.20. The molecular formula is C8H11BN4OS. The molecule has 2 rings (SSSR count). The van der Waals surface area contributed by atoms with Crippen LogP contribution in [-0.2, 0) is 0 Å². The van der Waals surface area contributed by atoms with Crippen molar-refractivity contribution in [3.05, 3.63) is 22.7 Å². The lowest BCUT2D eigenvalue weighted by Gasteiger charge is -2.13. The molecule has 1 aliphatic rings. The summed E-state index contributed by atoms with van der Waals surface area (Å²) in [6, 6.07) is 1.63. The molecule has 0 aliphatic carbocycles. The Morgan fingerprint density at radius 1 is 1.67 bits per heavy atom. The van der Waals surface area contributed by atoms with Crippen molar-refractivity contribution in [3.8, 4) is 0 Å². The summed E-state index contributed by atoms with van der Waals surface area (Å²) in [5.41, 5.74) is 5.12. The summed E-state index contributed by atoms with van der Waals surface area (Å²) in [4.78, 5) is 15.2. The van der Waals surface area contributed by atoms with E-state index in [1.807, 2.05) is 0 Å². The molecule has 0 aromatic carbocycles. The Labute approximate surface area is 92.9 Å². The fraction of sp³-hybridized carbons (Fsp3) is 0.500. The lowest BCUT2D eigenvalue weighted by molar-refractivity contribution is 0.593. The number of hydrogen-bond donors (Lipinski definition) is 2. The molecule has 1 saturated heterocycles. The second-order valence-electron chi connectivity index (χ2n) is 3.37. The summed E-state index contributed by atoms with van der Waals surface area (Å²) >= 11 is 1.63. The van der Waals surface area contributed by atoms with Crippen LogP contribution in [0, 0.1) is 0 Å². The number of hydrogen-bond acceptors (Lipinski definition) is 5. The zero-order chi connectivity index (χ0) is 10.8. The molecule has 7 heteroatoms. The topological polar surface area (TPSA) is 72.9 Å². The van der Waals surface area contributed by atoms with Crippen molar-refractivity contribution in [3.63, 3.8) is 0 Å². The molecule has 2 unspecified atom stereocenters. The van der Waals surface area contributed by atoms with Crippen LogP contribution in [0.1, 0.15) is 18.2 Å². The largest absolute Gasteiger partial charge is 0.383 e. The molecule has 0 spiro atoms. The van der Waals surface area contributed by atoms with Crippen LogP contribution in [0.4, 0.5) is 5.82 Å². The molecule has 1 aliphatic heterocycles. The van der Waals surface area contributed by atoms with Crippen LogP contribution >= 0.6 is 11.8 Å². The van der Waals surface area contributed by atoms with E-state index in [-0.39, 0.29) is 22.3 Å². The maximum absolute atomic E-state index is 11.5. The molecule has 2 atom stereocenters. The second-order valence-corrected chi connectivity index (χ2v) is 4.75. The molecule has 15 heavy (non-hydrogen) atoms. The van der Waals surface area contributed by atoms with E-state index < -0.39 is 0 Å². The molecule has 3 N–H and O–H groups in total. The molecular weight excluding hydrogens is 211 g/mol. The number of thioether (sulfide) groups is 1. The van der Waals surface area contributed by atoms with Gasteiger partial charge in [0.15, 0.2) is 7.98 Å². The Morgan fingerprint density at radius 2 is 2.47 bits per heavy atom. The maximum Gasteiger partial charge on any atom is 0.350 e. The average Bonchev–Trinajstić information content (AvgIpc) is 2.66. The average molecular weight is 222 g/mol. The first kappa shape index (κ1) is 10.6. The maximum atomic E-state index is 11.5. The van der Waals surface area contributed by atoms with Gasteiger partial charge in [-0.05, 0) is 18.9 Å². The van der Waals surface area contributed by atoms with Crippen LogP contribution in [0.25, 0.3) is 0 Å². The van der Waals surface area contributed by atoms with Crippen molar-refractivity contribution in [2.45, 2.75) is 23.6 Å². The first-order valence-electron chi connectivity index (χ1n) is 4.67. The van der Waals surface area contributed by atoms with E-state index in [1.165, 1.54) is 0 Å². The fourth-order valence-corrected chi connectivity index (χ4v) is 2.89. The Hall–Kier alpha value is -0.945. The van der Waals surface area contributed by atoms with E-state index in [4.69, 9.17) is 13.7 Å². The summed E-state index contributed by atoms with van der Waals surface area (Å²) in [7, 11) is 5.34. The van der Waals surface area contributed by atoms with Gasteiger partial charge in [0.25, 0.3) is 0 Å². The third-order valence-corrected chi connectivity index (χ3v) is 3.82. The molecule has 2 radical (unpaired) electrons. The first-order chi connectivity index (χ1) is 7.20. The van der Waals surface area contributed by atoms with Gasteiger partial charge in [-0.3, -0.25) is 4.57 Å². The van der Waals surface area contributed by atoms with Gasteiger partial charge in [-0.1, -0.05) is 0 Å². The van der Waals surface area contributed by atoms with Gasteiger partial charge in [0.05, 0.1) is 5.37 Å². The van der Waals surface area contributed by atoms with E-state index in [2.05, 4.69) is 10.2 Å². The molecule has 1 aromatic rings. The highest BCUT2D eigenvalue weighted by Gasteiger charge is 2.25. The van der Waals surface area contributed by atoms with E-state index in [0.717, 1.165) is 12.8 Å². The first-order valence-corrected chi connectivity index (χ1v) is 5.61. The van der Waals surface area contributed by atoms with E-state index in [0.29, 0.717) is 0 Å². The van der Waals surface area contributed by atoms with Crippen molar-refractivity contribution in [1.82, 2.24) is 14.8 Å². The number of rotatable bonds is 2. The van der Waals surface area contributed by atoms with Gasteiger partial charge in [0.2, 0.25) is 0 Å². The van der Waals surface area contributed by atoms with E-state index in [1.54, 1.807) is 28.6 Å². The molecule has 2 heterocycles. The summed E-state index contributed by atoms with van der Waals surface area (Å²) in [5, 5.41) is 3.01. The van der Waals surface area contributed by atoms with Gasteiger partial charge >= 0.3 is 5.69 Å². The Bertz CT molecular complexity index is 410. The van der Waals surface area contributed by atoms with Gasteiger partial charge in [0, 0.05) is 11.6 Å². The zero-order valence-corrected chi connectivity index (χ0v) is 8.91. The summed E-state index contributed by atoms with van der Waals surface area (Å²) in [6.45, 7) is 0. The van der Waals surface area contributed by atoms with Gasteiger partial charge in [0.1, 0.15) is 5.82 Å². The Morgan fingerprint density at radius 3 is 3.07 bits per heavy atom. The standard InChI is InChI=1S/C8H11BN4OS/c9-12-6-1-2-7(15-6)13-4-3-5(10)11-8(13)14/h3-4,6-7,12H,1-2H2,(H2,10,11,14). The minimum absolute atomic E-state index is 0.103. The normalized spacial score (nSPS) is 25.6. The monoisotopic (exact) mass is 222 g/mol. The van der Waals surface area contributed by atoms with E-state index in [9.17, 15) is 4.79 Å². The Kier molecular flexibility index (Phi) is 3.02. The van der Waals surface area contributed by atoms with Gasteiger partial charge in [-0.15, -0.1) is 11.8 Å². The van der Waals surface area contributed by atoms with Gasteiger partial charge in [-0.25, -0.2) is 4.79 Å². The van der Waals surface area contributed by atoms with Crippen LogP contribution in [0.2, 0.25) is 0 Å². The minimum Gasteiger partial charge on any atom is -0.383 e. The molecule has 0 saturated carbocycles. The number of anilines is 1. The van der Waals surface area contributed by atoms with Crippen molar-refractivity contribution < 1.29 is 0 Å². The van der Waals surface area contributed by atoms with Crippen LogP contribution in [0.3, 0.4) is 0 Å². The molecule has 1 fully saturated rings.